The standard InChI is InChI=1S/C19H20O/c1-3-14-9-11-15(12-10-14)18-17(20)13-19(18,2)16-7-5-4-6-8-16/h4-12,18H,3,13H2,1-2H3. The van der Waals surface area contributed by atoms with Crippen LogP contribution < -0.4 is 0 Å². The van der Waals surface area contributed by atoms with Gasteiger partial charge in [-0.1, -0.05) is 68.4 Å². The normalized spacial score (nSPS) is 25.3. The third-order valence-electron chi connectivity index (χ3n) is 4.66. The molecular formula is C19H20O. The fraction of sp³-hybridized carbons (Fsp3) is 0.316. The number of hydrogen-bond donors (Lipinski definition) is 0. The summed E-state index contributed by atoms with van der Waals surface area (Å²) in [5, 5.41) is 0. The predicted octanol–water partition coefficient (Wildman–Crippen LogP) is 4.26. The van der Waals surface area contributed by atoms with Gasteiger partial charge in [0.25, 0.3) is 0 Å². The van der Waals surface area contributed by atoms with Gasteiger partial charge in [0.05, 0.1) is 5.92 Å². The molecule has 1 heteroatoms. The molecule has 1 fully saturated rings. The Kier molecular flexibility index (Phi) is 3.21. The molecule has 2 aromatic carbocycles. The first-order valence-corrected chi connectivity index (χ1v) is 7.32. The summed E-state index contributed by atoms with van der Waals surface area (Å²) in [6.45, 7) is 4.36. The average molecular weight is 264 g/mol. The number of carbonyl (C=O) groups excluding carboxylic acids is 1. The molecule has 2 atom stereocenters. The van der Waals surface area contributed by atoms with Gasteiger partial charge >= 0.3 is 0 Å². The molecule has 0 bridgehead atoms. The molecule has 0 amide bonds. The summed E-state index contributed by atoms with van der Waals surface area (Å²) < 4.78 is 0. The summed E-state index contributed by atoms with van der Waals surface area (Å²) in [5.74, 6) is 0.372. The average Bonchev–Trinajstić information content (AvgIpc) is 2.48. The van der Waals surface area contributed by atoms with Crippen LogP contribution in [0.5, 0.6) is 0 Å². The van der Waals surface area contributed by atoms with Gasteiger partial charge in [0, 0.05) is 11.8 Å². The van der Waals surface area contributed by atoms with Crippen molar-refractivity contribution in [2.24, 2.45) is 0 Å². The SMILES string of the molecule is CCc1ccc(C2C(=O)CC2(C)c2ccccc2)cc1. The highest BCUT2D eigenvalue weighted by molar-refractivity contribution is 5.96. The largest absolute Gasteiger partial charge is 0.299 e. The van der Waals surface area contributed by atoms with Crippen LogP contribution in [0.15, 0.2) is 54.6 Å². The number of benzene rings is 2. The maximum Gasteiger partial charge on any atom is 0.142 e. The first kappa shape index (κ1) is 13.1. The van der Waals surface area contributed by atoms with Gasteiger partial charge in [-0.05, 0) is 23.1 Å². The molecule has 0 aliphatic heterocycles. The topological polar surface area (TPSA) is 17.1 Å². The van der Waals surface area contributed by atoms with E-state index in [4.69, 9.17) is 0 Å². The highest BCUT2D eigenvalue weighted by atomic mass is 16.1. The number of ketones is 1. The second-order valence-electron chi connectivity index (χ2n) is 5.95. The van der Waals surface area contributed by atoms with E-state index in [9.17, 15) is 4.79 Å². The van der Waals surface area contributed by atoms with E-state index in [1.807, 2.05) is 6.07 Å². The van der Waals surface area contributed by atoms with E-state index < -0.39 is 0 Å². The van der Waals surface area contributed by atoms with E-state index in [0.29, 0.717) is 12.2 Å². The maximum absolute atomic E-state index is 12.2. The Hall–Kier alpha value is -1.89. The van der Waals surface area contributed by atoms with Crippen LogP contribution in [0, 0.1) is 0 Å². The summed E-state index contributed by atoms with van der Waals surface area (Å²) in [7, 11) is 0. The number of Topliss-reactive ketones (excluding diaryl/α,β-unsaturated/α-hetero) is 1. The lowest BCUT2D eigenvalue weighted by Gasteiger charge is -2.46. The Morgan fingerprint density at radius 3 is 2.25 bits per heavy atom. The van der Waals surface area contributed by atoms with Crippen LogP contribution in [0.1, 0.15) is 42.9 Å². The highest BCUT2D eigenvalue weighted by Crippen LogP contribution is 2.51. The monoisotopic (exact) mass is 264 g/mol. The Morgan fingerprint density at radius 1 is 1.05 bits per heavy atom. The summed E-state index contributed by atoms with van der Waals surface area (Å²) in [4.78, 5) is 12.2. The van der Waals surface area contributed by atoms with Crippen molar-refractivity contribution in [1.29, 1.82) is 0 Å². The summed E-state index contributed by atoms with van der Waals surface area (Å²) in [6, 6.07) is 19.0. The first-order valence-electron chi connectivity index (χ1n) is 7.32. The number of rotatable bonds is 3. The van der Waals surface area contributed by atoms with E-state index in [1.165, 1.54) is 11.1 Å². The van der Waals surface area contributed by atoms with Crippen molar-refractivity contribution < 1.29 is 4.79 Å². The van der Waals surface area contributed by atoms with Crippen molar-refractivity contribution in [2.75, 3.05) is 0 Å². The predicted molar refractivity (Wildman–Crippen MR) is 82.0 cm³/mol. The molecule has 2 aromatic rings. The third kappa shape index (κ3) is 1.98. The van der Waals surface area contributed by atoms with Crippen molar-refractivity contribution in [2.45, 2.75) is 38.0 Å². The highest BCUT2D eigenvalue weighted by Gasteiger charge is 2.51. The minimum atomic E-state index is -0.0495. The molecule has 0 aromatic heterocycles. The van der Waals surface area contributed by atoms with Crippen molar-refractivity contribution in [3.8, 4) is 0 Å². The van der Waals surface area contributed by atoms with Crippen molar-refractivity contribution >= 4 is 5.78 Å². The molecule has 20 heavy (non-hydrogen) atoms. The Morgan fingerprint density at radius 2 is 1.70 bits per heavy atom. The molecule has 2 unspecified atom stereocenters. The van der Waals surface area contributed by atoms with Gasteiger partial charge < -0.3 is 0 Å². The van der Waals surface area contributed by atoms with Crippen LogP contribution in [0.2, 0.25) is 0 Å². The van der Waals surface area contributed by atoms with Crippen molar-refractivity contribution in [1.82, 2.24) is 0 Å². The number of aryl methyl sites for hydroxylation is 1. The van der Waals surface area contributed by atoms with Gasteiger partial charge in [0.15, 0.2) is 0 Å². The lowest BCUT2D eigenvalue weighted by molar-refractivity contribution is -0.130. The number of carbonyl (C=O) groups is 1. The molecule has 1 aliphatic carbocycles. The third-order valence-corrected chi connectivity index (χ3v) is 4.66. The lowest BCUT2D eigenvalue weighted by Crippen LogP contribution is -2.48. The molecule has 1 nitrogen and oxygen atoms in total. The zero-order valence-electron chi connectivity index (χ0n) is 12.1. The second-order valence-corrected chi connectivity index (χ2v) is 5.95. The Labute approximate surface area is 120 Å². The Bertz CT molecular complexity index is 612. The van der Waals surface area contributed by atoms with E-state index >= 15 is 0 Å². The molecule has 0 saturated heterocycles. The molecular weight excluding hydrogens is 244 g/mol. The quantitative estimate of drug-likeness (QED) is 0.809. The van der Waals surface area contributed by atoms with E-state index in [0.717, 1.165) is 12.0 Å². The van der Waals surface area contributed by atoms with Crippen LogP contribution in [-0.2, 0) is 16.6 Å². The molecule has 3 rings (SSSR count). The second kappa shape index (κ2) is 4.90. The minimum absolute atomic E-state index is 0.0100. The van der Waals surface area contributed by atoms with Crippen LogP contribution >= 0.6 is 0 Å². The molecule has 0 spiro atoms. The zero-order chi connectivity index (χ0) is 14.2. The van der Waals surface area contributed by atoms with Crippen molar-refractivity contribution in [3.05, 3.63) is 71.3 Å². The van der Waals surface area contributed by atoms with E-state index in [1.54, 1.807) is 0 Å². The zero-order valence-corrected chi connectivity index (χ0v) is 12.1. The van der Waals surface area contributed by atoms with Gasteiger partial charge in [-0.2, -0.15) is 0 Å². The first-order chi connectivity index (χ1) is 9.65. The smallest absolute Gasteiger partial charge is 0.142 e. The molecule has 1 saturated carbocycles. The van der Waals surface area contributed by atoms with Gasteiger partial charge in [-0.15, -0.1) is 0 Å². The molecule has 0 radical (unpaired) electrons. The fourth-order valence-electron chi connectivity index (χ4n) is 3.38. The molecule has 0 N–H and O–H groups in total. The maximum atomic E-state index is 12.2. The van der Waals surface area contributed by atoms with Crippen LogP contribution in [-0.4, -0.2) is 5.78 Å². The molecule has 0 heterocycles. The van der Waals surface area contributed by atoms with Crippen LogP contribution in [0.4, 0.5) is 0 Å². The minimum Gasteiger partial charge on any atom is -0.299 e. The summed E-state index contributed by atoms with van der Waals surface area (Å²) in [6.07, 6.45) is 1.69. The van der Waals surface area contributed by atoms with Crippen LogP contribution in [0.25, 0.3) is 0 Å². The summed E-state index contributed by atoms with van der Waals surface area (Å²) >= 11 is 0. The molecule has 102 valence electrons. The van der Waals surface area contributed by atoms with Gasteiger partial charge in [0.2, 0.25) is 0 Å². The van der Waals surface area contributed by atoms with Gasteiger partial charge in [0.1, 0.15) is 5.78 Å². The van der Waals surface area contributed by atoms with Gasteiger partial charge in [-0.25, -0.2) is 0 Å². The van der Waals surface area contributed by atoms with E-state index in [2.05, 4.69) is 62.4 Å². The fourth-order valence-corrected chi connectivity index (χ4v) is 3.38. The van der Waals surface area contributed by atoms with Gasteiger partial charge in [-0.3, -0.25) is 4.79 Å². The Balaban J connectivity index is 1.96. The lowest BCUT2D eigenvalue weighted by atomic mass is 9.55. The van der Waals surface area contributed by atoms with Crippen LogP contribution in [0.3, 0.4) is 0 Å². The summed E-state index contributed by atoms with van der Waals surface area (Å²) in [5.41, 5.74) is 3.70. The van der Waals surface area contributed by atoms with Crippen molar-refractivity contribution in [3.63, 3.8) is 0 Å². The van der Waals surface area contributed by atoms with E-state index in [-0.39, 0.29) is 11.3 Å². The molecule has 1 aliphatic rings. The number of hydrogen-bond acceptors (Lipinski definition) is 1.